The normalized spacial score (nSPS) is 26.0. The molecule has 110 valence electrons. The van der Waals surface area contributed by atoms with Crippen LogP contribution in [0.5, 0.6) is 0 Å². The summed E-state index contributed by atoms with van der Waals surface area (Å²) in [6, 6.07) is 0. The van der Waals surface area contributed by atoms with E-state index in [1.807, 2.05) is 6.92 Å². The van der Waals surface area contributed by atoms with Gasteiger partial charge in [-0.15, -0.1) is 0 Å². The molecule has 1 fully saturated rings. The second-order valence-electron chi connectivity index (χ2n) is 5.22. The van der Waals surface area contributed by atoms with Gasteiger partial charge in [-0.2, -0.15) is 0 Å². The van der Waals surface area contributed by atoms with E-state index in [-0.39, 0.29) is 13.2 Å². The average Bonchev–Trinajstić information content (AvgIpc) is 2.26. The molecule has 0 saturated carbocycles. The summed E-state index contributed by atoms with van der Waals surface area (Å²) in [5.41, 5.74) is -1.49. The highest BCUT2D eigenvalue weighted by Crippen LogP contribution is 2.39. The lowest BCUT2D eigenvalue weighted by molar-refractivity contribution is -0.170. The Morgan fingerprint density at radius 2 is 2.00 bits per heavy atom. The number of carboxylic acid groups (broad SMARTS) is 1. The van der Waals surface area contributed by atoms with Crippen molar-refractivity contribution in [3.8, 4) is 0 Å². The summed E-state index contributed by atoms with van der Waals surface area (Å²) >= 11 is 0. The van der Waals surface area contributed by atoms with E-state index >= 15 is 0 Å². The number of ether oxygens (including phenoxy) is 1. The van der Waals surface area contributed by atoms with Gasteiger partial charge in [0.05, 0.1) is 18.6 Å². The fourth-order valence-electron chi connectivity index (χ4n) is 2.19. The summed E-state index contributed by atoms with van der Waals surface area (Å²) in [6.07, 6.45) is -0.663. The molecule has 1 aliphatic rings. The van der Waals surface area contributed by atoms with Crippen LogP contribution in [-0.4, -0.2) is 47.7 Å². The number of piperidine rings is 1. The SMILES string of the molecule is CCCCOC(=O)C1(C)CN(C(=O)O)CC(F)(F)C1. The average molecular weight is 279 g/mol. The minimum Gasteiger partial charge on any atom is -0.465 e. The number of alkyl halides is 2. The zero-order chi connectivity index (χ0) is 14.7. The number of likely N-dealkylation sites (tertiary alicyclic amines) is 1. The van der Waals surface area contributed by atoms with Gasteiger partial charge in [-0.25, -0.2) is 13.6 Å². The van der Waals surface area contributed by atoms with E-state index in [2.05, 4.69) is 0 Å². The number of hydrogen-bond donors (Lipinski definition) is 1. The highest BCUT2D eigenvalue weighted by molar-refractivity contribution is 5.78. The van der Waals surface area contributed by atoms with E-state index in [0.29, 0.717) is 11.3 Å². The van der Waals surface area contributed by atoms with Gasteiger partial charge < -0.3 is 14.7 Å². The maximum atomic E-state index is 13.5. The lowest BCUT2D eigenvalue weighted by Crippen LogP contribution is -2.56. The van der Waals surface area contributed by atoms with Gasteiger partial charge in [-0.05, 0) is 13.3 Å². The van der Waals surface area contributed by atoms with E-state index in [4.69, 9.17) is 9.84 Å². The molecule has 0 aromatic carbocycles. The molecule has 0 radical (unpaired) electrons. The van der Waals surface area contributed by atoms with Crippen molar-refractivity contribution >= 4 is 12.1 Å². The minimum absolute atomic E-state index is 0.170. The van der Waals surface area contributed by atoms with Crippen LogP contribution in [0.3, 0.4) is 0 Å². The summed E-state index contributed by atoms with van der Waals surface area (Å²) in [6.45, 7) is 2.27. The second-order valence-corrected chi connectivity index (χ2v) is 5.22. The van der Waals surface area contributed by atoms with Crippen molar-refractivity contribution in [2.75, 3.05) is 19.7 Å². The first-order valence-electron chi connectivity index (χ1n) is 6.23. The molecule has 1 saturated heterocycles. The van der Waals surface area contributed by atoms with Crippen molar-refractivity contribution in [2.24, 2.45) is 5.41 Å². The van der Waals surface area contributed by atoms with E-state index < -0.39 is 36.4 Å². The quantitative estimate of drug-likeness (QED) is 0.633. The molecule has 0 aromatic rings. The second kappa shape index (κ2) is 5.71. The fraction of sp³-hybridized carbons (Fsp3) is 0.833. The van der Waals surface area contributed by atoms with Gasteiger partial charge in [0.25, 0.3) is 5.92 Å². The summed E-state index contributed by atoms with van der Waals surface area (Å²) < 4.78 is 32.0. The Kier molecular flexibility index (Phi) is 4.70. The van der Waals surface area contributed by atoms with Gasteiger partial charge in [-0.3, -0.25) is 4.79 Å². The zero-order valence-corrected chi connectivity index (χ0v) is 11.1. The number of amides is 1. The smallest absolute Gasteiger partial charge is 0.407 e. The van der Waals surface area contributed by atoms with Crippen LogP contribution < -0.4 is 0 Å². The number of carbonyl (C=O) groups is 2. The summed E-state index contributed by atoms with van der Waals surface area (Å²) in [4.78, 5) is 23.3. The van der Waals surface area contributed by atoms with Crippen LogP contribution in [-0.2, 0) is 9.53 Å². The molecule has 1 N–H and O–H groups in total. The monoisotopic (exact) mass is 279 g/mol. The Hall–Kier alpha value is -1.40. The number of hydrogen-bond acceptors (Lipinski definition) is 3. The number of esters is 1. The molecular formula is C12H19F2NO4. The van der Waals surface area contributed by atoms with Gasteiger partial charge in [0.15, 0.2) is 0 Å². The molecule has 19 heavy (non-hydrogen) atoms. The van der Waals surface area contributed by atoms with E-state index in [0.717, 1.165) is 6.42 Å². The van der Waals surface area contributed by atoms with Crippen molar-refractivity contribution in [1.82, 2.24) is 4.90 Å². The third kappa shape index (κ3) is 4.04. The van der Waals surface area contributed by atoms with Crippen LogP contribution >= 0.6 is 0 Å². The predicted molar refractivity (Wildman–Crippen MR) is 63.1 cm³/mol. The van der Waals surface area contributed by atoms with E-state index in [9.17, 15) is 18.4 Å². The highest BCUT2D eigenvalue weighted by Gasteiger charge is 2.52. The molecule has 1 aliphatic heterocycles. The maximum Gasteiger partial charge on any atom is 0.407 e. The lowest BCUT2D eigenvalue weighted by Gasteiger charge is -2.41. The molecular weight excluding hydrogens is 260 g/mol. The molecule has 5 nitrogen and oxygen atoms in total. The number of nitrogens with zero attached hydrogens (tertiary/aromatic N) is 1. The molecule has 0 aromatic heterocycles. The highest BCUT2D eigenvalue weighted by atomic mass is 19.3. The molecule has 1 amide bonds. The molecule has 1 unspecified atom stereocenters. The molecule has 1 rings (SSSR count). The zero-order valence-electron chi connectivity index (χ0n) is 11.1. The first-order chi connectivity index (χ1) is 8.70. The van der Waals surface area contributed by atoms with Crippen molar-refractivity contribution in [1.29, 1.82) is 0 Å². The van der Waals surface area contributed by atoms with Crippen LogP contribution in [0, 0.1) is 5.41 Å². The lowest BCUT2D eigenvalue weighted by atomic mass is 9.80. The number of unbranched alkanes of at least 4 members (excludes halogenated alkanes) is 1. The Bertz CT molecular complexity index is 362. The van der Waals surface area contributed by atoms with Gasteiger partial charge in [0.1, 0.15) is 0 Å². The number of halogens is 2. The topological polar surface area (TPSA) is 66.8 Å². The first-order valence-corrected chi connectivity index (χ1v) is 6.23. The molecule has 1 heterocycles. The summed E-state index contributed by atoms with van der Waals surface area (Å²) in [5.74, 6) is -3.97. The Morgan fingerprint density at radius 3 is 2.53 bits per heavy atom. The van der Waals surface area contributed by atoms with Gasteiger partial charge in [0.2, 0.25) is 0 Å². The van der Waals surface area contributed by atoms with E-state index in [1.165, 1.54) is 6.92 Å². The van der Waals surface area contributed by atoms with Crippen molar-refractivity contribution in [3.05, 3.63) is 0 Å². The Balaban J connectivity index is 2.77. The van der Waals surface area contributed by atoms with Crippen LogP contribution in [0.4, 0.5) is 13.6 Å². The summed E-state index contributed by atoms with van der Waals surface area (Å²) in [5, 5.41) is 8.84. The van der Waals surface area contributed by atoms with Crippen molar-refractivity contribution in [2.45, 2.75) is 39.0 Å². The van der Waals surface area contributed by atoms with Gasteiger partial charge in [0, 0.05) is 13.0 Å². The van der Waals surface area contributed by atoms with Crippen LogP contribution in [0.25, 0.3) is 0 Å². The number of carbonyl (C=O) groups excluding carboxylic acids is 1. The molecule has 7 heteroatoms. The maximum absolute atomic E-state index is 13.5. The van der Waals surface area contributed by atoms with Crippen molar-refractivity contribution < 1.29 is 28.2 Å². The predicted octanol–water partition coefficient (Wildman–Crippen LogP) is 2.36. The minimum atomic E-state index is -3.21. The Morgan fingerprint density at radius 1 is 1.37 bits per heavy atom. The third-order valence-electron chi connectivity index (χ3n) is 3.11. The molecule has 1 atom stereocenters. The molecule has 0 spiro atoms. The number of rotatable bonds is 4. The third-order valence-corrected chi connectivity index (χ3v) is 3.11. The van der Waals surface area contributed by atoms with E-state index in [1.54, 1.807) is 0 Å². The summed E-state index contributed by atoms with van der Waals surface area (Å²) in [7, 11) is 0. The molecule has 0 aliphatic carbocycles. The molecule has 0 bridgehead atoms. The largest absolute Gasteiger partial charge is 0.465 e. The first kappa shape index (κ1) is 15.7. The van der Waals surface area contributed by atoms with Crippen LogP contribution in [0.15, 0.2) is 0 Å². The standard InChI is InChI=1S/C12H19F2NO4/c1-3-4-5-19-9(16)11(2)6-12(13,14)8-15(7-11)10(17)18/h3-8H2,1-2H3,(H,17,18). The van der Waals surface area contributed by atoms with Gasteiger partial charge in [-0.1, -0.05) is 13.3 Å². The van der Waals surface area contributed by atoms with Crippen LogP contribution in [0.2, 0.25) is 0 Å². The fourth-order valence-corrected chi connectivity index (χ4v) is 2.19. The van der Waals surface area contributed by atoms with Crippen molar-refractivity contribution in [3.63, 3.8) is 0 Å². The Labute approximate surface area is 110 Å². The van der Waals surface area contributed by atoms with Gasteiger partial charge >= 0.3 is 12.1 Å². The van der Waals surface area contributed by atoms with Crippen LogP contribution in [0.1, 0.15) is 33.1 Å².